The average Bonchev–Trinajstić information content (AvgIpc) is 2.49. The van der Waals surface area contributed by atoms with E-state index in [4.69, 9.17) is 11.1 Å². The minimum absolute atomic E-state index is 0.0000926. The monoisotopic (exact) mass is 161 g/mol. The molecule has 0 radical (unpaired) electrons. The van der Waals surface area contributed by atoms with Gasteiger partial charge in [0.2, 0.25) is 0 Å². The summed E-state index contributed by atoms with van der Waals surface area (Å²) in [6, 6.07) is 1.78. The molecule has 0 atom stereocenters. The predicted octanol–water partition coefficient (Wildman–Crippen LogP) is 0.0134. The van der Waals surface area contributed by atoms with Gasteiger partial charge in [0.25, 0.3) is 0 Å². The van der Waals surface area contributed by atoms with Crippen molar-refractivity contribution in [2.75, 3.05) is 0 Å². The van der Waals surface area contributed by atoms with Gasteiger partial charge in [0.15, 0.2) is 5.65 Å². The van der Waals surface area contributed by atoms with E-state index in [1.54, 1.807) is 29.2 Å². The molecule has 5 heteroatoms. The summed E-state index contributed by atoms with van der Waals surface area (Å²) >= 11 is 0. The van der Waals surface area contributed by atoms with Gasteiger partial charge in [0.05, 0.1) is 11.8 Å². The minimum Gasteiger partial charge on any atom is -0.384 e. The van der Waals surface area contributed by atoms with Gasteiger partial charge in [-0.25, -0.2) is 9.50 Å². The summed E-state index contributed by atoms with van der Waals surface area (Å²) in [5, 5.41) is 11.1. The molecule has 5 nitrogen and oxygen atoms in total. The number of fused-ring (bicyclic) bond motifs is 1. The highest BCUT2D eigenvalue weighted by Gasteiger charge is 1.99. The second-order valence-electron chi connectivity index (χ2n) is 2.39. The highest BCUT2D eigenvalue weighted by atomic mass is 15.2. The summed E-state index contributed by atoms with van der Waals surface area (Å²) < 4.78 is 1.58. The summed E-state index contributed by atoms with van der Waals surface area (Å²) in [4.78, 5) is 4.04. The molecule has 0 unspecified atom stereocenters. The summed E-state index contributed by atoms with van der Waals surface area (Å²) in [5.74, 6) is -0.0000926. The van der Waals surface area contributed by atoms with Crippen molar-refractivity contribution in [1.82, 2.24) is 14.6 Å². The van der Waals surface area contributed by atoms with E-state index in [1.165, 1.54) is 0 Å². The summed E-state index contributed by atoms with van der Waals surface area (Å²) in [5.41, 5.74) is 6.60. The Hall–Kier alpha value is -1.91. The van der Waals surface area contributed by atoms with Gasteiger partial charge in [0, 0.05) is 18.5 Å². The topological polar surface area (TPSA) is 80.1 Å². The van der Waals surface area contributed by atoms with Gasteiger partial charge in [-0.2, -0.15) is 5.10 Å². The highest BCUT2D eigenvalue weighted by Crippen LogP contribution is 1.99. The third-order valence-corrected chi connectivity index (χ3v) is 1.56. The fourth-order valence-electron chi connectivity index (χ4n) is 0.949. The lowest BCUT2D eigenvalue weighted by atomic mass is 10.3. The fraction of sp³-hybridized carbons (Fsp3) is 0. The second kappa shape index (κ2) is 2.30. The molecule has 0 aliphatic carbocycles. The van der Waals surface area contributed by atoms with Crippen LogP contribution in [0.5, 0.6) is 0 Å². The Morgan fingerprint density at radius 2 is 2.42 bits per heavy atom. The lowest BCUT2D eigenvalue weighted by Gasteiger charge is -1.97. The molecule has 0 saturated carbocycles. The molecule has 0 fully saturated rings. The van der Waals surface area contributed by atoms with Crippen LogP contribution in [0.15, 0.2) is 24.7 Å². The zero-order chi connectivity index (χ0) is 8.55. The van der Waals surface area contributed by atoms with Crippen molar-refractivity contribution in [3.8, 4) is 0 Å². The molecule has 2 rings (SSSR count). The first kappa shape index (κ1) is 6.78. The van der Waals surface area contributed by atoms with E-state index >= 15 is 0 Å². The predicted molar refractivity (Wildman–Crippen MR) is 44.0 cm³/mol. The fourth-order valence-corrected chi connectivity index (χ4v) is 0.949. The smallest absolute Gasteiger partial charge is 0.154 e. The third-order valence-electron chi connectivity index (χ3n) is 1.56. The van der Waals surface area contributed by atoms with Gasteiger partial charge in [-0.05, 0) is 0 Å². The van der Waals surface area contributed by atoms with Gasteiger partial charge < -0.3 is 5.73 Å². The quantitative estimate of drug-likeness (QED) is 0.456. The third kappa shape index (κ3) is 0.914. The van der Waals surface area contributed by atoms with E-state index in [0.29, 0.717) is 5.56 Å². The molecule has 0 aliphatic heterocycles. The standard InChI is InChI=1S/C7H7N5/c8-7(9)5-3-10-6-1-2-11-12(6)4-5/h1-4H,(H3,8,9). The van der Waals surface area contributed by atoms with E-state index in [2.05, 4.69) is 10.1 Å². The largest absolute Gasteiger partial charge is 0.384 e. The van der Waals surface area contributed by atoms with Crippen molar-refractivity contribution < 1.29 is 0 Å². The molecule has 2 heterocycles. The van der Waals surface area contributed by atoms with Crippen LogP contribution in [0.25, 0.3) is 5.65 Å². The van der Waals surface area contributed by atoms with Crippen molar-refractivity contribution >= 4 is 11.5 Å². The number of nitrogen functional groups attached to an aromatic ring is 1. The second-order valence-corrected chi connectivity index (χ2v) is 2.39. The maximum atomic E-state index is 7.16. The number of rotatable bonds is 1. The van der Waals surface area contributed by atoms with E-state index in [9.17, 15) is 0 Å². The first-order valence-corrected chi connectivity index (χ1v) is 3.41. The first-order valence-electron chi connectivity index (χ1n) is 3.41. The Bertz CT molecular complexity index is 430. The highest BCUT2D eigenvalue weighted by molar-refractivity contribution is 5.94. The Kier molecular flexibility index (Phi) is 1.30. The Balaban J connectivity index is 2.68. The number of hydrogen-bond acceptors (Lipinski definition) is 3. The van der Waals surface area contributed by atoms with E-state index in [-0.39, 0.29) is 5.84 Å². The van der Waals surface area contributed by atoms with Crippen molar-refractivity contribution in [2.24, 2.45) is 5.73 Å². The molecule has 60 valence electrons. The molecule has 0 amide bonds. The van der Waals surface area contributed by atoms with Gasteiger partial charge in [-0.1, -0.05) is 0 Å². The lowest BCUT2D eigenvalue weighted by molar-refractivity contribution is 0.935. The molecule has 0 saturated heterocycles. The van der Waals surface area contributed by atoms with Gasteiger partial charge in [0.1, 0.15) is 5.84 Å². The molecule has 0 aromatic carbocycles. The van der Waals surface area contributed by atoms with Crippen LogP contribution in [0, 0.1) is 5.41 Å². The van der Waals surface area contributed by atoms with Crippen LogP contribution in [-0.2, 0) is 0 Å². The Morgan fingerprint density at radius 3 is 3.17 bits per heavy atom. The molecule has 0 bridgehead atoms. The zero-order valence-corrected chi connectivity index (χ0v) is 6.23. The van der Waals surface area contributed by atoms with Crippen LogP contribution in [-0.4, -0.2) is 20.4 Å². The summed E-state index contributed by atoms with van der Waals surface area (Å²) in [6.07, 6.45) is 4.87. The van der Waals surface area contributed by atoms with Crippen molar-refractivity contribution in [3.05, 3.63) is 30.2 Å². The van der Waals surface area contributed by atoms with Crippen molar-refractivity contribution in [2.45, 2.75) is 0 Å². The normalized spacial score (nSPS) is 10.3. The minimum atomic E-state index is -0.0000926. The summed E-state index contributed by atoms with van der Waals surface area (Å²) in [6.45, 7) is 0. The Morgan fingerprint density at radius 1 is 1.58 bits per heavy atom. The number of aromatic nitrogens is 3. The van der Waals surface area contributed by atoms with Crippen LogP contribution in [0.1, 0.15) is 5.56 Å². The maximum Gasteiger partial charge on any atom is 0.154 e. The van der Waals surface area contributed by atoms with Crippen LogP contribution < -0.4 is 5.73 Å². The van der Waals surface area contributed by atoms with Crippen LogP contribution in [0.2, 0.25) is 0 Å². The van der Waals surface area contributed by atoms with Gasteiger partial charge in [-0.15, -0.1) is 0 Å². The SMILES string of the molecule is N=C(N)c1cnc2ccnn2c1. The molecule has 2 aromatic rings. The van der Waals surface area contributed by atoms with Crippen molar-refractivity contribution in [1.29, 1.82) is 5.41 Å². The molecule has 3 N–H and O–H groups in total. The summed E-state index contributed by atoms with van der Waals surface area (Å²) in [7, 11) is 0. The van der Waals surface area contributed by atoms with Crippen molar-refractivity contribution in [3.63, 3.8) is 0 Å². The number of hydrogen-bond donors (Lipinski definition) is 2. The molecule has 0 aliphatic rings. The number of nitrogens with two attached hydrogens (primary N) is 1. The Labute approximate surface area is 68.3 Å². The molecule has 0 spiro atoms. The lowest BCUT2D eigenvalue weighted by Crippen LogP contribution is -2.12. The first-order chi connectivity index (χ1) is 5.77. The zero-order valence-electron chi connectivity index (χ0n) is 6.23. The van der Waals surface area contributed by atoms with Gasteiger partial charge in [-0.3, -0.25) is 5.41 Å². The maximum absolute atomic E-state index is 7.16. The van der Waals surface area contributed by atoms with Crippen LogP contribution >= 0.6 is 0 Å². The molecule has 2 aromatic heterocycles. The molecular formula is C7H7N5. The van der Waals surface area contributed by atoms with Crippen LogP contribution in [0.4, 0.5) is 0 Å². The van der Waals surface area contributed by atoms with Crippen LogP contribution in [0.3, 0.4) is 0 Å². The number of amidine groups is 1. The number of nitrogens with one attached hydrogen (secondary N) is 1. The average molecular weight is 161 g/mol. The molecule has 12 heavy (non-hydrogen) atoms. The molecular weight excluding hydrogens is 154 g/mol. The van der Waals surface area contributed by atoms with E-state index < -0.39 is 0 Å². The van der Waals surface area contributed by atoms with E-state index in [0.717, 1.165) is 5.65 Å². The number of nitrogens with zero attached hydrogens (tertiary/aromatic N) is 3. The van der Waals surface area contributed by atoms with E-state index in [1.807, 2.05) is 0 Å². The van der Waals surface area contributed by atoms with Gasteiger partial charge >= 0.3 is 0 Å².